The quantitative estimate of drug-likeness (QED) is 0.886. The summed E-state index contributed by atoms with van der Waals surface area (Å²) >= 11 is 3.33. The van der Waals surface area contributed by atoms with Gasteiger partial charge in [0.05, 0.1) is 12.5 Å². The van der Waals surface area contributed by atoms with Gasteiger partial charge in [-0.3, -0.25) is 4.79 Å². The van der Waals surface area contributed by atoms with Gasteiger partial charge < -0.3 is 11.1 Å². The summed E-state index contributed by atoms with van der Waals surface area (Å²) < 4.78 is 13.8. The van der Waals surface area contributed by atoms with Gasteiger partial charge in [-0.15, -0.1) is 0 Å². The lowest BCUT2D eigenvalue weighted by molar-refractivity contribution is -0.115. The molecule has 1 amide bonds. The number of halogens is 2. The summed E-state index contributed by atoms with van der Waals surface area (Å²) in [6.45, 7) is 0. The summed E-state index contributed by atoms with van der Waals surface area (Å²) in [6, 6.07) is 9.74. The molecule has 1 unspecified atom stereocenters. The molecule has 5 heteroatoms. The second-order valence-electron chi connectivity index (χ2n) is 4.79. The van der Waals surface area contributed by atoms with Crippen molar-refractivity contribution in [2.24, 2.45) is 5.73 Å². The highest BCUT2D eigenvalue weighted by Crippen LogP contribution is 2.31. The summed E-state index contributed by atoms with van der Waals surface area (Å²) in [5.41, 5.74) is 9.73. The molecule has 0 radical (unpaired) electrons. The number of carbonyl (C=O) groups excluding carboxylic acids is 1. The molecular formula is C15H12BrFN2O. The van der Waals surface area contributed by atoms with E-state index in [4.69, 9.17) is 5.73 Å². The Kier molecular flexibility index (Phi) is 3.31. The van der Waals surface area contributed by atoms with E-state index in [0.29, 0.717) is 10.9 Å². The number of hydrogen-bond acceptors (Lipinski definition) is 2. The number of anilines is 1. The lowest BCUT2D eigenvalue weighted by Crippen LogP contribution is -2.12. The highest BCUT2D eigenvalue weighted by molar-refractivity contribution is 9.10. The first-order chi connectivity index (χ1) is 9.54. The van der Waals surface area contributed by atoms with Crippen LogP contribution in [0.15, 0.2) is 40.9 Å². The third kappa shape index (κ3) is 2.34. The molecule has 1 aliphatic rings. The Hall–Kier alpha value is -1.72. The van der Waals surface area contributed by atoms with Crippen LogP contribution in [0.3, 0.4) is 0 Å². The van der Waals surface area contributed by atoms with E-state index in [1.807, 2.05) is 18.2 Å². The summed E-state index contributed by atoms with van der Waals surface area (Å²) in [4.78, 5) is 11.4. The molecule has 3 nitrogen and oxygen atoms in total. The molecule has 1 heterocycles. The van der Waals surface area contributed by atoms with Gasteiger partial charge in [-0.25, -0.2) is 4.39 Å². The zero-order valence-corrected chi connectivity index (χ0v) is 12.1. The van der Waals surface area contributed by atoms with E-state index in [0.717, 1.165) is 22.4 Å². The molecule has 2 aromatic rings. The van der Waals surface area contributed by atoms with Gasteiger partial charge in [0.25, 0.3) is 0 Å². The Balaban J connectivity index is 1.97. The summed E-state index contributed by atoms with van der Waals surface area (Å²) in [6.07, 6.45) is 0.375. The second kappa shape index (κ2) is 5.00. The average molecular weight is 335 g/mol. The number of benzene rings is 2. The molecule has 1 atom stereocenters. The molecule has 0 aromatic heterocycles. The van der Waals surface area contributed by atoms with E-state index in [9.17, 15) is 9.18 Å². The Bertz CT molecular complexity index is 702. The van der Waals surface area contributed by atoms with Gasteiger partial charge in [0, 0.05) is 10.2 Å². The molecule has 0 fully saturated rings. The lowest BCUT2D eigenvalue weighted by Gasteiger charge is -2.15. The van der Waals surface area contributed by atoms with Crippen LogP contribution in [0.1, 0.15) is 22.7 Å². The van der Waals surface area contributed by atoms with Gasteiger partial charge in [-0.1, -0.05) is 34.1 Å². The van der Waals surface area contributed by atoms with Crippen LogP contribution in [0, 0.1) is 5.82 Å². The highest BCUT2D eigenvalue weighted by Gasteiger charge is 2.20. The van der Waals surface area contributed by atoms with Gasteiger partial charge in [-0.05, 0) is 34.9 Å². The van der Waals surface area contributed by atoms with E-state index in [1.54, 1.807) is 6.07 Å². The van der Waals surface area contributed by atoms with Crippen LogP contribution in [0.4, 0.5) is 10.1 Å². The van der Waals surface area contributed by atoms with Gasteiger partial charge in [0.1, 0.15) is 5.82 Å². The van der Waals surface area contributed by atoms with E-state index < -0.39 is 0 Å². The van der Waals surface area contributed by atoms with E-state index >= 15 is 0 Å². The van der Waals surface area contributed by atoms with Crippen molar-refractivity contribution in [2.45, 2.75) is 12.5 Å². The van der Waals surface area contributed by atoms with Gasteiger partial charge in [0.2, 0.25) is 5.91 Å². The van der Waals surface area contributed by atoms with Crippen molar-refractivity contribution in [2.75, 3.05) is 5.32 Å². The predicted octanol–water partition coefficient (Wildman–Crippen LogP) is 3.13. The minimum Gasteiger partial charge on any atom is -0.326 e. The molecule has 3 rings (SSSR count). The topological polar surface area (TPSA) is 55.1 Å². The maximum absolute atomic E-state index is 13.1. The summed E-state index contributed by atoms with van der Waals surface area (Å²) in [7, 11) is 0. The number of amides is 1. The fraction of sp³-hybridized carbons (Fsp3) is 0.133. The number of nitrogens with one attached hydrogen (secondary N) is 1. The lowest BCUT2D eigenvalue weighted by atomic mass is 9.97. The Morgan fingerprint density at radius 1 is 1.25 bits per heavy atom. The fourth-order valence-corrected chi connectivity index (χ4v) is 2.97. The van der Waals surface area contributed by atoms with Crippen LogP contribution in [0.5, 0.6) is 0 Å². The second-order valence-corrected chi connectivity index (χ2v) is 5.64. The van der Waals surface area contributed by atoms with Crippen molar-refractivity contribution in [3.05, 3.63) is 63.4 Å². The molecule has 0 aliphatic carbocycles. The van der Waals surface area contributed by atoms with E-state index in [-0.39, 0.29) is 17.8 Å². The fourth-order valence-electron chi connectivity index (χ4n) is 2.38. The third-order valence-electron chi connectivity index (χ3n) is 3.41. The molecule has 0 saturated heterocycles. The number of fused-ring (bicyclic) bond motifs is 1. The zero-order valence-electron chi connectivity index (χ0n) is 10.5. The smallest absolute Gasteiger partial charge is 0.228 e. The van der Waals surface area contributed by atoms with Crippen LogP contribution in [-0.4, -0.2) is 5.91 Å². The summed E-state index contributed by atoms with van der Waals surface area (Å²) in [5.74, 6) is -0.315. The van der Waals surface area contributed by atoms with Crippen LogP contribution < -0.4 is 11.1 Å². The average Bonchev–Trinajstić information content (AvgIpc) is 2.77. The molecule has 1 aliphatic heterocycles. The van der Waals surface area contributed by atoms with Crippen LogP contribution >= 0.6 is 15.9 Å². The van der Waals surface area contributed by atoms with Crippen LogP contribution in [0.2, 0.25) is 0 Å². The number of nitrogens with two attached hydrogens (primary N) is 1. The van der Waals surface area contributed by atoms with Crippen molar-refractivity contribution in [3.8, 4) is 0 Å². The molecule has 20 heavy (non-hydrogen) atoms. The minimum absolute atomic E-state index is 0.00585. The maximum atomic E-state index is 13.1. The maximum Gasteiger partial charge on any atom is 0.228 e. The first-order valence-electron chi connectivity index (χ1n) is 6.18. The Morgan fingerprint density at radius 2 is 2.05 bits per heavy atom. The third-order valence-corrected chi connectivity index (χ3v) is 4.10. The monoisotopic (exact) mass is 334 g/mol. The van der Waals surface area contributed by atoms with Crippen molar-refractivity contribution in [3.63, 3.8) is 0 Å². The Labute approximate surface area is 124 Å². The van der Waals surface area contributed by atoms with E-state index in [1.165, 1.54) is 12.1 Å². The van der Waals surface area contributed by atoms with Crippen molar-refractivity contribution < 1.29 is 9.18 Å². The first-order valence-corrected chi connectivity index (χ1v) is 6.97. The van der Waals surface area contributed by atoms with Gasteiger partial charge in [0.15, 0.2) is 0 Å². The Morgan fingerprint density at radius 3 is 2.80 bits per heavy atom. The largest absolute Gasteiger partial charge is 0.326 e. The predicted molar refractivity (Wildman–Crippen MR) is 78.9 cm³/mol. The minimum atomic E-state index is -0.369. The zero-order chi connectivity index (χ0) is 14.3. The van der Waals surface area contributed by atoms with Crippen molar-refractivity contribution in [1.82, 2.24) is 0 Å². The van der Waals surface area contributed by atoms with Crippen LogP contribution in [-0.2, 0) is 11.2 Å². The summed E-state index contributed by atoms with van der Waals surface area (Å²) in [5, 5.41) is 2.78. The normalized spacial score (nSPS) is 14.8. The first kappa shape index (κ1) is 13.3. The number of hydrogen-bond donors (Lipinski definition) is 2. The van der Waals surface area contributed by atoms with Gasteiger partial charge >= 0.3 is 0 Å². The molecule has 3 N–H and O–H groups in total. The SMILES string of the molecule is NC(c1ccc2c(c1)CC(=O)N2)c1ccc(F)cc1Br. The molecular weight excluding hydrogens is 323 g/mol. The molecule has 0 saturated carbocycles. The number of rotatable bonds is 2. The molecule has 102 valence electrons. The molecule has 2 aromatic carbocycles. The van der Waals surface area contributed by atoms with Crippen LogP contribution in [0.25, 0.3) is 0 Å². The van der Waals surface area contributed by atoms with E-state index in [2.05, 4.69) is 21.2 Å². The highest BCUT2D eigenvalue weighted by atomic mass is 79.9. The molecule has 0 spiro atoms. The van der Waals surface area contributed by atoms with Crippen molar-refractivity contribution >= 4 is 27.5 Å². The molecule has 0 bridgehead atoms. The number of carbonyl (C=O) groups is 1. The van der Waals surface area contributed by atoms with Crippen molar-refractivity contribution in [1.29, 1.82) is 0 Å². The van der Waals surface area contributed by atoms with Gasteiger partial charge in [-0.2, -0.15) is 0 Å². The standard InChI is InChI=1S/C15H12BrFN2O/c16-12-7-10(17)2-3-11(12)15(18)8-1-4-13-9(5-8)6-14(20)19-13/h1-5,7,15H,6,18H2,(H,19,20).